The topological polar surface area (TPSA) is 33.1 Å². The maximum atomic E-state index is 12.3. The van der Waals surface area contributed by atoms with Crippen LogP contribution in [0.1, 0.15) is 12.0 Å². The van der Waals surface area contributed by atoms with Gasteiger partial charge in [0.15, 0.2) is 0 Å². The van der Waals surface area contributed by atoms with E-state index in [9.17, 15) is 8.78 Å². The summed E-state index contributed by atoms with van der Waals surface area (Å²) in [7, 11) is 0. The third kappa shape index (κ3) is 1.85. The molecule has 0 saturated heterocycles. The van der Waals surface area contributed by atoms with E-state index in [1.807, 2.05) is 0 Å². The average molecular weight is 350 g/mol. The van der Waals surface area contributed by atoms with Gasteiger partial charge in [-0.2, -0.15) is 0 Å². The first-order chi connectivity index (χ1) is 5.54. The van der Waals surface area contributed by atoms with Gasteiger partial charge in [0.25, 0.3) is 6.43 Å². The second-order valence-corrected chi connectivity index (χ2v) is 3.78. The Morgan fingerprint density at radius 2 is 2.17 bits per heavy atom. The summed E-state index contributed by atoms with van der Waals surface area (Å²) in [5.74, 6) is -0.272. The molecule has 0 amide bonds. The Bertz CT molecular complexity index is 308. The molecule has 0 fully saturated rings. The third-order valence-corrected chi connectivity index (χ3v) is 2.90. The Balaban J connectivity index is 3.33. The second kappa shape index (κ2) is 3.82. The summed E-state index contributed by atoms with van der Waals surface area (Å²) in [6.07, 6.45) is -1.51. The zero-order valence-corrected chi connectivity index (χ0v) is 9.30. The number of halogens is 4. The van der Waals surface area contributed by atoms with Gasteiger partial charge in [-0.15, -0.1) is 0 Å². The number of hydrogen-bond acceptors (Lipinski definition) is 2. The van der Waals surface area contributed by atoms with Crippen molar-refractivity contribution in [2.75, 3.05) is 0 Å². The van der Waals surface area contributed by atoms with Gasteiger partial charge in [0.1, 0.15) is 9.45 Å². The Kier molecular flexibility index (Phi) is 3.22. The lowest BCUT2D eigenvalue weighted by molar-refractivity contribution is 0.148. The Labute approximate surface area is 89.3 Å². The predicted molar refractivity (Wildman–Crippen MR) is 51.3 cm³/mol. The van der Waals surface area contributed by atoms with Crippen LogP contribution in [-0.4, -0.2) is 10.1 Å². The molecular formula is C6H3BrF2INO. The van der Waals surface area contributed by atoms with Gasteiger partial charge in [-0.05, 0) is 38.5 Å². The fourth-order valence-electron chi connectivity index (χ4n) is 0.658. The van der Waals surface area contributed by atoms with Gasteiger partial charge in [0.2, 0.25) is 0 Å². The molecule has 0 aliphatic carbocycles. The van der Waals surface area contributed by atoms with E-state index in [0.29, 0.717) is 0 Å². The van der Waals surface area contributed by atoms with Crippen LogP contribution in [0.5, 0.6) is 5.75 Å². The summed E-state index contributed by atoms with van der Waals surface area (Å²) in [6, 6.07) is 0. The summed E-state index contributed by atoms with van der Waals surface area (Å²) in [4.78, 5) is 3.59. The van der Waals surface area contributed by atoms with Crippen molar-refractivity contribution in [3.8, 4) is 5.75 Å². The van der Waals surface area contributed by atoms with E-state index in [2.05, 4.69) is 20.9 Å². The SMILES string of the molecule is Oc1cnc(I)c(C(F)F)c1Br. The number of rotatable bonds is 1. The largest absolute Gasteiger partial charge is 0.505 e. The maximum absolute atomic E-state index is 12.3. The molecule has 0 aliphatic heterocycles. The molecule has 0 bridgehead atoms. The first-order valence-electron chi connectivity index (χ1n) is 2.85. The quantitative estimate of drug-likeness (QED) is 0.624. The second-order valence-electron chi connectivity index (χ2n) is 1.96. The fraction of sp³-hybridized carbons (Fsp3) is 0.167. The Hall–Kier alpha value is 0.0200. The van der Waals surface area contributed by atoms with Crippen molar-refractivity contribution in [2.45, 2.75) is 6.43 Å². The zero-order chi connectivity index (χ0) is 9.30. The molecule has 1 aromatic rings. The molecule has 1 heterocycles. The summed E-state index contributed by atoms with van der Waals surface area (Å²) in [5, 5.41) is 9.03. The van der Waals surface area contributed by atoms with Crippen molar-refractivity contribution in [3.63, 3.8) is 0 Å². The summed E-state index contributed by atoms with van der Waals surface area (Å²) < 4.78 is 24.8. The average Bonchev–Trinajstić information content (AvgIpc) is 1.97. The van der Waals surface area contributed by atoms with Crippen molar-refractivity contribution in [2.24, 2.45) is 0 Å². The summed E-state index contributed by atoms with van der Waals surface area (Å²) in [5.41, 5.74) is -0.268. The first-order valence-corrected chi connectivity index (χ1v) is 4.72. The Morgan fingerprint density at radius 1 is 1.58 bits per heavy atom. The number of hydrogen-bond donors (Lipinski definition) is 1. The summed E-state index contributed by atoms with van der Waals surface area (Å²) in [6.45, 7) is 0. The maximum Gasteiger partial charge on any atom is 0.267 e. The third-order valence-electron chi connectivity index (χ3n) is 1.20. The minimum Gasteiger partial charge on any atom is -0.505 e. The molecule has 0 unspecified atom stereocenters. The number of pyridine rings is 1. The highest BCUT2D eigenvalue weighted by Crippen LogP contribution is 2.35. The monoisotopic (exact) mass is 349 g/mol. The lowest BCUT2D eigenvalue weighted by Crippen LogP contribution is -1.94. The van der Waals surface area contributed by atoms with E-state index >= 15 is 0 Å². The molecule has 0 aliphatic rings. The number of alkyl halides is 2. The van der Waals surface area contributed by atoms with Gasteiger partial charge in [0.05, 0.1) is 16.2 Å². The van der Waals surface area contributed by atoms with Crippen LogP contribution >= 0.6 is 38.5 Å². The van der Waals surface area contributed by atoms with Crippen LogP contribution < -0.4 is 0 Å². The summed E-state index contributed by atoms with van der Waals surface area (Å²) >= 11 is 4.54. The van der Waals surface area contributed by atoms with Crippen molar-refractivity contribution in [1.82, 2.24) is 4.98 Å². The molecule has 0 radical (unpaired) electrons. The van der Waals surface area contributed by atoms with Crippen LogP contribution in [0.3, 0.4) is 0 Å². The number of nitrogens with zero attached hydrogens (tertiary/aromatic N) is 1. The van der Waals surface area contributed by atoms with E-state index in [4.69, 9.17) is 5.11 Å². The number of aromatic nitrogens is 1. The smallest absolute Gasteiger partial charge is 0.267 e. The van der Waals surface area contributed by atoms with Gasteiger partial charge < -0.3 is 5.11 Å². The van der Waals surface area contributed by atoms with Crippen LogP contribution in [0.2, 0.25) is 0 Å². The standard InChI is InChI=1S/C6H3BrF2INO/c7-4-2(12)1-11-6(10)3(4)5(8)9/h1,5,12H. The number of aromatic hydroxyl groups is 1. The lowest BCUT2D eigenvalue weighted by Gasteiger charge is -2.05. The molecule has 0 atom stereocenters. The molecule has 0 spiro atoms. The van der Waals surface area contributed by atoms with Crippen LogP contribution in [0, 0.1) is 3.70 Å². The molecule has 0 aromatic carbocycles. The molecule has 1 N–H and O–H groups in total. The van der Waals surface area contributed by atoms with Gasteiger partial charge in [-0.1, -0.05) is 0 Å². The van der Waals surface area contributed by atoms with Crippen LogP contribution in [-0.2, 0) is 0 Å². The first kappa shape index (κ1) is 10.1. The highest BCUT2D eigenvalue weighted by molar-refractivity contribution is 14.1. The molecule has 2 nitrogen and oxygen atoms in total. The molecule has 1 rings (SSSR count). The minimum atomic E-state index is -2.63. The molecular weight excluding hydrogens is 347 g/mol. The van der Waals surface area contributed by atoms with Gasteiger partial charge >= 0.3 is 0 Å². The molecule has 6 heteroatoms. The van der Waals surface area contributed by atoms with Crippen LogP contribution in [0.25, 0.3) is 0 Å². The van der Waals surface area contributed by atoms with Gasteiger partial charge in [-0.25, -0.2) is 13.8 Å². The van der Waals surface area contributed by atoms with E-state index in [1.54, 1.807) is 22.6 Å². The molecule has 12 heavy (non-hydrogen) atoms. The van der Waals surface area contributed by atoms with E-state index in [1.165, 1.54) is 0 Å². The molecule has 66 valence electrons. The molecule has 0 saturated carbocycles. The van der Waals surface area contributed by atoms with Gasteiger partial charge in [-0.3, -0.25) is 0 Å². The van der Waals surface area contributed by atoms with E-state index in [0.717, 1.165) is 6.20 Å². The van der Waals surface area contributed by atoms with Crippen molar-refractivity contribution < 1.29 is 13.9 Å². The van der Waals surface area contributed by atoms with Crippen LogP contribution in [0.15, 0.2) is 10.7 Å². The van der Waals surface area contributed by atoms with Crippen molar-refractivity contribution in [3.05, 3.63) is 19.9 Å². The molecule has 1 aromatic heterocycles. The highest BCUT2D eigenvalue weighted by Gasteiger charge is 2.18. The van der Waals surface area contributed by atoms with Crippen LogP contribution in [0.4, 0.5) is 8.78 Å². The predicted octanol–water partition coefficient (Wildman–Crippen LogP) is 3.09. The van der Waals surface area contributed by atoms with E-state index < -0.39 is 6.43 Å². The van der Waals surface area contributed by atoms with Gasteiger partial charge in [0, 0.05) is 0 Å². The van der Waals surface area contributed by atoms with Crippen molar-refractivity contribution in [1.29, 1.82) is 0 Å². The Morgan fingerprint density at radius 3 is 2.58 bits per heavy atom. The fourth-order valence-corrected chi connectivity index (χ4v) is 2.14. The minimum absolute atomic E-state index is 0.0110. The highest BCUT2D eigenvalue weighted by atomic mass is 127. The van der Waals surface area contributed by atoms with Crippen molar-refractivity contribution >= 4 is 38.5 Å². The normalized spacial score (nSPS) is 10.8. The zero-order valence-electron chi connectivity index (χ0n) is 5.56. The lowest BCUT2D eigenvalue weighted by atomic mass is 10.3. The van der Waals surface area contributed by atoms with E-state index in [-0.39, 0.29) is 19.5 Å².